The van der Waals surface area contributed by atoms with Crippen molar-refractivity contribution in [3.63, 3.8) is 0 Å². The van der Waals surface area contributed by atoms with Gasteiger partial charge in [0, 0.05) is 0 Å². The summed E-state index contributed by atoms with van der Waals surface area (Å²) in [5.41, 5.74) is 9.11. The Hall–Kier alpha value is -0.780. The molecule has 0 aliphatic carbocycles. The second kappa shape index (κ2) is 6.23. The lowest BCUT2D eigenvalue weighted by atomic mass is 9.82. The second-order valence-electron chi connectivity index (χ2n) is 4.64. The molecule has 1 radical (unpaired) electrons. The summed E-state index contributed by atoms with van der Waals surface area (Å²) < 4.78 is 0. The van der Waals surface area contributed by atoms with Gasteiger partial charge in [0.25, 0.3) is 0 Å². The van der Waals surface area contributed by atoms with Gasteiger partial charge in [0.2, 0.25) is 0 Å². The average molecular weight is 231 g/mol. The normalized spacial score (nSPS) is 10.9. The zero-order chi connectivity index (χ0) is 13.0. The third-order valence-corrected chi connectivity index (χ3v) is 3.95. The molecule has 0 fully saturated rings. The van der Waals surface area contributed by atoms with Gasteiger partial charge in [-0.05, 0) is 72.4 Å². The van der Waals surface area contributed by atoms with E-state index in [2.05, 4.69) is 41.5 Å². The second-order valence-corrected chi connectivity index (χ2v) is 4.64. The van der Waals surface area contributed by atoms with Gasteiger partial charge < -0.3 is 0 Å². The van der Waals surface area contributed by atoms with E-state index >= 15 is 0 Å². The van der Waals surface area contributed by atoms with Crippen LogP contribution in [0.15, 0.2) is 0 Å². The first kappa shape index (κ1) is 14.3. The summed E-state index contributed by atoms with van der Waals surface area (Å²) >= 11 is 0. The fourth-order valence-electron chi connectivity index (χ4n) is 3.23. The van der Waals surface area contributed by atoms with Gasteiger partial charge in [-0.15, -0.1) is 0 Å². The summed E-state index contributed by atoms with van der Waals surface area (Å²) in [5.74, 6) is 0. The van der Waals surface area contributed by atoms with Crippen molar-refractivity contribution in [2.45, 2.75) is 66.7 Å². The van der Waals surface area contributed by atoms with Gasteiger partial charge in [0.15, 0.2) is 0 Å². The van der Waals surface area contributed by atoms with Crippen LogP contribution in [0.25, 0.3) is 0 Å². The van der Waals surface area contributed by atoms with Crippen LogP contribution in [-0.4, -0.2) is 0 Å². The number of hydrogen-bond donors (Lipinski definition) is 0. The zero-order valence-corrected chi connectivity index (χ0v) is 12.2. The summed E-state index contributed by atoms with van der Waals surface area (Å²) in [6.07, 6.45) is 5.68. The Morgan fingerprint density at radius 3 is 1.00 bits per heavy atom. The fraction of sp³-hybridized carbons (Fsp3) is 0.588. The molecule has 0 amide bonds. The highest BCUT2D eigenvalue weighted by Gasteiger charge is 2.16. The SMILES string of the molecule is [CH2]c1c(CC)c(CC)c(CC)c(CC)c1CC. The number of rotatable bonds is 5. The highest BCUT2D eigenvalue weighted by atomic mass is 14.2. The Kier molecular flexibility index (Phi) is 5.24. The standard InChI is InChI=1S/C17H27/c1-7-13-12(6)14(8-2)16(10-4)17(11-5)15(13)9-3/h6-11H2,1-5H3. The number of benzene rings is 1. The molecule has 0 heteroatoms. The first-order chi connectivity index (χ1) is 8.15. The molecular weight excluding hydrogens is 204 g/mol. The van der Waals surface area contributed by atoms with Crippen molar-refractivity contribution < 1.29 is 0 Å². The van der Waals surface area contributed by atoms with Gasteiger partial charge in [-0.2, -0.15) is 0 Å². The predicted molar refractivity (Wildman–Crippen MR) is 77.8 cm³/mol. The van der Waals surface area contributed by atoms with E-state index in [1.165, 1.54) is 16.7 Å². The molecule has 95 valence electrons. The minimum absolute atomic E-state index is 1.12. The van der Waals surface area contributed by atoms with E-state index in [4.69, 9.17) is 0 Å². The zero-order valence-electron chi connectivity index (χ0n) is 12.2. The van der Waals surface area contributed by atoms with Crippen LogP contribution in [0.5, 0.6) is 0 Å². The highest BCUT2D eigenvalue weighted by Crippen LogP contribution is 2.30. The molecule has 1 aromatic carbocycles. The molecule has 0 heterocycles. The van der Waals surface area contributed by atoms with Crippen LogP contribution in [0.3, 0.4) is 0 Å². The average Bonchev–Trinajstić information content (AvgIpc) is 2.36. The van der Waals surface area contributed by atoms with Crippen LogP contribution in [0.4, 0.5) is 0 Å². The predicted octanol–water partition coefficient (Wildman–Crippen LogP) is 4.68. The monoisotopic (exact) mass is 231 g/mol. The Morgan fingerprint density at radius 1 is 0.529 bits per heavy atom. The van der Waals surface area contributed by atoms with Crippen molar-refractivity contribution in [1.29, 1.82) is 0 Å². The van der Waals surface area contributed by atoms with Crippen molar-refractivity contribution in [3.05, 3.63) is 40.3 Å². The lowest BCUT2D eigenvalue weighted by Gasteiger charge is -2.23. The summed E-state index contributed by atoms with van der Waals surface area (Å²) in [4.78, 5) is 0. The van der Waals surface area contributed by atoms with Crippen molar-refractivity contribution in [3.8, 4) is 0 Å². The van der Waals surface area contributed by atoms with Crippen LogP contribution in [-0.2, 0) is 32.1 Å². The molecular formula is C17H27. The first-order valence-electron chi connectivity index (χ1n) is 7.16. The third kappa shape index (κ3) is 2.41. The molecule has 0 bridgehead atoms. The van der Waals surface area contributed by atoms with Gasteiger partial charge in [-0.3, -0.25) is 0 Å². The van der Waals surface area contributed by atoms with Crippen LogP contribution in [0.1, 0.15) is 68.0 Å². The lowest BCUT2D eigenvalue weighted by Crippen LogP contribution is -2.10. The third-order valence-electron chi connectivity index (χ3n) is 3.95. The Morgan fingerprint density at radius 2 is 0.765 bits per heavy atom. The van der Waals surface area contributed by atoms with Crippen molar-refractivity contribution in [2.75, 3.05) is 0 Å². The molecule has 0 atom stereocenters. The van der Waals surface area contributed by atoms with E-state index in [0.29, 0.717) is 0 Å². The lowest BCUT2D eigenvalue weighted by molar-refractivity contribution is 0.906. The van der Waals surface area contributed by atoms with Crippen LogP contribution >= 0.6 is 0 Å². The molecule has 1 rings (SSSR count). The Bertz CT molecular complexity index is 353. The van der Waals surface area contributed by atoms with E-state index in [1.54, 1.807) is 16.7 Å². The molecule has 0 nitrogen and oxygen atoms in total. The van der Waals surface area contributed by atoms with E-state index < -0.39 is 0 Å². The number of hydrogen-bond acceptors (Lipinski definition) is 0. The van der Waals surface area contributed by atoms with E-state index in [1.807, 2.05) is 0 Å². The topological polar surface area (TPSA) is 0 Å². The van der Waals surface area contributed by atoms with Crippen molar-refractivity contribution in [2.24, 2.45) is 0 Å². The van der Waals surface area contributed by atoms with E-state index in [-0.39, 0.29) is 0 Å². The molecule has 0 aromatic heterocycles. The van der Waals surface area contributed by atoms with Crippen molar-refractivity contribution in [1.82, 2.24) is 0 Å². The molecule has 1 aromatic rings. The smallest absolute Gasteiger partial charge is 0.0232 e. The molecule has 0 aliphatic heterocycles. The summed E-state index contributed by atoms with van der Waals surface area (Å²) in [6, 6.07) is 0. The fourth-order valence-corrected chi connectivity index (χ4v) is 3.23. The highest BCUT2D eigenvalue weighted by molar-refractivity contribution is 5.53. The van der Waals surface area contributed by atoms with Gasteiger partial charge in [0.1, 0.15) is 0 Å². The Balaban J connectivity index is 3.66. The summed E-state index contributed by atoms with van der Waals surface area (Å²) in [5, 5.41) is 0. The maximum absolute atomic E-state index is 4.35. The largest absolute Gasteiger partial charge is 0.0613 e. The molecule has 0 aliphatic rings. The van der Waals surface area contributed by atoms with Crippen LogP contribution < -0.4 is 0 Å². The van der Waals surface area contributed by atoms with E-state index in [9.17, 15) is 0 Å². The van der Waals surface area contributed by atoms with Crippen LogP contribution in [0.2, 0.25) is 0 Å². The Labute approximate surface area is 107 Å². The molecule has 0 saturated heterocycles. The minimum atomic E-state index is 1.12. The van der Waals surface area contributed by atoms with Gasteiger partial charge in [0.05, 0.1) is 0 Å². The van der Waals surface area contributed by atoms with Gasteiger partial charge in [-0.1, -0.05) is 34.6 Å². The molecule has 17 heavy (non-hydrogen) atoms. The van der Waals surface area contributed by atoms with Gasteiger partial charge >= 0.3 is 0 Å². The van der Waals surface area contributed by atoms with Crippen LogP contribution in [0, 0.1) is 6.92 Å². The van der Waals surface area contributed by atoms with Crippen molar-refractivity contribution >= 4 is 0 Å². The van der Waals surface area contributed by atoms with Gasteiger partial charge in [-0.25, -0.2) is 0 Å². The molecule has 0 unspecified atom stereocenters. The summed E-state index contributed by atoms with van der Waals surface area (Å²) in [6.45, 7) is 15.7. The first-order valence-corrected chi connectivity index (χ1v) is 7.16. The maximum atomic E-state index is 4.35. The molecule has 0 spiro atoms. The minimum Gasteiger partial charge on any atom is -0.0613 e. The van der Waals surface area contributed by atoms with E-state index in [0.717, 1.165) is 32.1 Å². The quantitative estimate of drug-likeness (QED) is 0.690. The maximum Gasteiger partial charge on any atom is -0.0232 e. The summed E-state index contributed by atoms with van der Waals surface area (Å²) in [7, 11) is 0. The molecule has 0 N–H and O–H groups in total. The molecule has 0 saturated carbocycles.